The molecule has 14 heavy (non-hydrogen) atoms. The Morgan fingerprint density at radius 2 is 2.07 bits per heavy atom. The summed E-state index contributed by atoms with van der Waals surface area (Å²) in [6.45, 7) is 7.18. The Balaban J connectivity index is 2.18. The van der Waals surface area contributed by atoms with Crippen LogP contribution in [0.25, 0.3) is 0 Å². The summed E-state index contributed by atoms with van der Waals surface area (Å²) in [7, 11) is 0. The highest BCUT2D eigenvalue weighted by Gasteiger charge is 2.17. The summed E-state index contributed by atoms with van der Waals surface area (Å²) in [6, 6.07) is 0. The van der Waals surface area contributed by atoms with Crippen LogP contribution >= 0.6 is 0 Å². The molecule has 1 saturated heterocycles. The summed E-state index contributed by atoms with van der Waals surface area (Å²) in [5.41, 5.74) is -0.445. The molecule has 1 aliphatic heterocycles. The third-order valence-corrected chi connectivity index (χ3v) is 1.63. The van der Waals surface area contributed by atoms with Crippen LogP contribution in [0, 0.1) is 0 Å². The van der Waals surface area contributed by atoms with E-state index in [4.69, 9.17) is 9.47 Å². The van der Waals surface area contributed by atoms with E-state index < -0.39 is 5.60 Å². The third kappa shape index (κ3) is 4.28. The molecule has 0 bridgehead atoms. The molecule has 0 radical (unpaired) electrons. The molecule has 1 fully saturated rings. The number of hydrogen-bond acceptors (Lipinski definition) is 4. The van der Waals surface area contributed by atoms with Gasteiger partial charge in [0.2, 0.25) is 0 Å². The number of carbonyl (C=O) groups is 1. The molecular weight excluding hydrogens is 182 g/mol. The van der Waals surface area contributed by atoms with E-state index >= 15 is 0 Å². The van der Waals surface area contributed by atoms with Gasteiger partial charge in [0.1, 0.15) is 11.7 Å². The van der Waals surface area contributed by atoms with Gasteiger partial charge >= 0.3 is 5.97 Å². The van der Waals surface area contributed by atoms with Crippen molar-refractivity contribution in [2.45, 2.75) is 32.5 Å². The average molecular weight is 199 g/mol. The second kappa shape index (κ2) is 4.46. The predicted octanol–water partition coefficient (Wildman–Crippen LogP) is 0.830. The van der Waals surface area contributed by atoms with Crippen LogP contribution in [0.1, 0.15) is 20.8 Å². The lowest BCUT2D eigenvalue weighted by atomic mass is 10.2. The fourth-order valence-corrected chi connectivity index (χ4v) is 0.900. The Morgan fingerprint density at radius 3 is 2.50 bits per heavy atom. The first-order valence-electron chi connectivity index (χ1n) is 4.73. The fraction of sp³-hybridized carbons (Fsp3) is 0.700. The van der Waals surface area contributed by atoms with Gasteiger partial charge in [-0.1, -0.05) is 0 Å². The van der Waals surface area contributed by atoms with E-state index in [0.717, 1.165) is 13.1 Å². The van der Waals surface area contributed by atoms with Gasteiger partial charge in [0, 0.05) is 13.1 Å². The van der Waals surface area contributed by atoms with Gasteiger partial charge < -0.3 is 14.8 Å². The highest BCUT2D eigenvalue weighted by molar-refractivity contribution is 5.81. The van der Waals surface area contributed by atoms with E-state index in [0.29, 0.717) is 0 Å². The zero-order valence-electron chi connectivity index (χ0n) is 8.87. The molecule has 4 heteroatoms. The minimum atomic E-state index is -0.445. The normalized spacial score (nSPS) is 17.9. The molecule has 0 atom stereocenters. The van der Waals surface area contributed by atoms with Gasteiger partial charge in [-0.2, -0.15) is 0 Å². The lowest BCUT2D eigenvalue weighted by Crippen LogP contribution is -2.47. The zero-order valence-corrected chi connectivity index (χ0v) is 8.87. The van der Waals surface area contributed by atoms with Gasteiger partial charge in [-0.25, -0.2) is 4.79 Å². The summed E-state index contributed by atoms with van der Waals surface area (Å²) < 4.78 is 10.3. The number of hydrogen-bond donors (Lipinski definition) is 1. The van der Waals surface area contributed by atoms with Crippen molar-refractivity contribution in [3.05, 3.63) is 12.3 Å². The van der Waals surface area contributed by atoms with Crippen LogP contribution in [0.5, 0.6) is 0 Å². The van der Waals surface area contributed by atoms with Crippen LogP contribution in [0.4, 0.5) is 0 Å². The molecule has 0 aromatic heterocycles. The topological polar surface area (TPSA) is 47.6 Å². The van der Waals surface area contributed by atoms with Crippen LogP contribution in [-0.2, 0) is 14.3 Å². The maximum absolute atomic E-state index is 11.1. The van der Waals surface area contributed by atoms with Crippen LogP contribution in [-0.4, -0.2) is 30.8 Å². The zero-order chi connectivity index (χ0) is 10.6. The average Bonchev–Trinajstić information content (AvgIpc) is 1.90. The Morgan fingerprint density at radius 1 is 1.43 bits per heavy atom. The molecule has 1 aliphatic rings. The number of rotatable bonds is 3. The molecule has 0 spiro atoms. The van der Waals surface area contributed by atoms with Crippen LogP contribution in [0.15, 0.2) is 12.3 Å². The molecule has 0 saturated carbocycles. The molecule has 0 aromatic carbocycles. The van der Waals surface area contributed by atoms with Gasteiger partial charge in [0.25, 0.3) is 0 Å². The molecule has 0 aromatic rings. The second-order valence-corrected chi connectivity index (χ2v) is 4.25. The number of carbonyl (C=O) groups excluding carboxylic acids is 1. The Bertz CT molecular complexity index is 226. The summed E-state index contributed by atoms with van der Waals surface area (Å²) >= 11 is 0. The fourth-order valence-electron chi connectivity index (χ4n) is 0.900. The largest absolute Gasteiger partial charge is 0.495 e. The Kier molecular flexibility index (Phi) is 3.52. The minimum absolute atomic E-state index is 0.202. The van der Waals surface area contributed by atoms with Crippen LogP contribution in [0.2, 0.25) is 0 Å². The van der Waals surface area contributed by atoms with Crippen LogP contribution in [0.3, 0.4) is 0 Å². The van der Waals surface area contributed by atoms with Crippen molar-refractivity contribution < 1.29 is 14.3 Å². The van der Waals surface area contributed by atoms with E-state index in [1.165, 1.54) is 12.3 Å². The highest BCUT2D eigenvalue weighted by Crippen LogP contribution is 2.07. The van der Waals surface area contributed by atoms with Gasteiger partial charge in [-0.05, 0) is 20.8 Å². The minimum Gasteiger partial charge on any atom is -0.495 e. The molecule has 0 aliphatic carbocycles. The summed E-state index contributed by atoms with van der Waals surface area (Å²) in [6.07, 6.45) is 2.91. The van der Waals surface area contributed by atoms with Gasteiger partial charge in [0.15, 0.2) is 0 Å². The van der Waals surface area contributed by atoms with Crippen molar-refractivity contribution in [2.24, 2.45) is 0 Å². The monoisotopic (exact) mass is 199 g/mol. The molecule has 1 rings (SSSR count). The molecule has 80 valence electrons. The number of esters is 1. The second-order valence-electron chi connectivity index (χ2n) is 4.25. The SMILES string of the molecule is CC(C)(C)OC(=O)/C=C/OC1CNC1. The quantitative estimate of drug-likeness (QED) is 0.415. The summed E-state index contributed by atoms with van der Waals surface area (Å²) in [5, 5.41) is 3.06. The Labute approximate surface area is 84.3 Å². The van der Waals surface area contributed by atoms with Crippen LogP contribution < -0.4 is 5.32 Å². The molecule has 1 N–H and O–H groups in total. The van der Waals surface area contributed by atoms with E-state index in [-0.39, 0.29) is 12.1 Å². The maximum Gasteiger partial charge on any atom is 0.334 e. The van der Waals surface area contributed by atoms with Crippen molar-refractivity contribution in [1.82, 2.24) is 5.32 Å². The van der Waals surface area contributed by atoms with Gasteiger partial charge in [-0.3, -0.25) is 0 Å². The van der Waals surface area contributed by atoms with Crippen molar-refractivity contribution in [2.75, 3.05) is 13.1 Å². The first-order valence-corrected chi connectivity index (χ1v) is 4.73. The molecule has 4 nitrogen and oxygen atoms in total. The van der Waals surface area contributed by atoms with E-state index in [1.54, 1.807) is 0 Å². The molecule has 0 unspecified atom stereocenters. The number of nitrogens with one attached hydrogen (secondary N) is 1. The lowest BCUT2D eigenvalue weighted by molar-refractivity contribution is -0.148. The van der Waals surface area contributed by atoms with Gasteiger partial charge in [-0.15, -0.1) is 0 Å². The first-order chi connectivity index (χ1) is 6.47. The number of ether oxygens (including phenoxy) is 2. The van der Waals surface area contributed by atoms with Crippen molar-refractivity contribution >= 4 is 5.97 Å². The Hall–Kier alpha value is -1.03. The first kappa shape index (κ1) is 11.0. The molecule has 1 heterocycles. The lowest BCUT2D eigenvalue weighted by Gasteiger charge is -2.25. The van der Waals surface area contributed by atoms with E-state index in [1.807, 2.05) is 20.8 Å². The predicted molar refractivity (Wildman–Crippen MR) is 52.7 cm³/mol. The maximum atomic E-state index is 11.1. The highest BCUT2D eigenvalue weighted by atomic mass is 16.6. The standard InChI is InChI=1S/C10H17NO3/c1-10(2,3)14-9(12)4-5-13-8-6-11-7-8/h4-5,8,11H,6-7H2,1-3H3/b5-4+. The van der Waals surface area contributed by atoms with Gasteiger partial charge in [0.05, 0.1) is 12.3 Å². The van der Waals surface area contributed by atoms with E-state index in [9.17, 15) is 4.79 Å². The summed E-state index contributed by atoms with van der Waals surface area (Å²) in [4.78, 5) is 11.1. The smallest absolute Gasteiger partial charge is 0.334 e. The van der Waals surface area contributed by atoms with Crippen molar-refractivity contribution in [3.8, 4) is 0 Å². The molecular formula is C10H17NO3. The van der Waals surface area contributed by atoms with Crippen molar-refractivity contribution in [1.29, 1.82) is 0 Å². The third-order valence-electron chi connectivity index (χ3n) is 1.63. The molecule has 0 amide bonds. The summed E-state index contributed by atoms with van der Waals surface area (Å²) in [5.74, 6) is -0.371. The van der Waals surface area contributed by atoms with E-state index in [2.05, 4.69) is 5.32 Å². The van der Waals surface area contributed by atoms with Crippen molar-refractivity contribution in [3.63, 3.8) is 0 Å².